The Morgan fingerprint density at radius 2 is 1.60 bits per heavy atom. The van der Waals surface area contributed by atoms with Gasteiger partial charge >= 0.3 is 5.97 Å². The molecule has 0 unspecified atom stereocenters. The largest absolute Gasteiger partial charge is 0.481 e. The summed E-state index contributed by atoms with van der Waals surface area (Å²) in [6.45, 7) is 5.83. The lowest BCUT2D eigenvalue weighted by Crippen LogP contribution is -1.93. The molecular weight excluding hydrogens is 248 g/mol. The summed E-state index contributed by atoms with van der Waals surface area (Å²) >= 11 is 0. The molecule has 0 aliphatic heterocycles. The number of rotatable bonds is 9. The van der Waals surface area contributed by atoms with Gasteiger partial charge in [0.15, 0.2) is 0 Å². The van der Waals surface area contributed by atoms with Crippen LogP contribution in [0.1, 0.15) is 63.9 Å². The fourth-order valence-corrected chi connectivity index (χ4v) is 1.82. The van der Waals surface area contributed by atoms with Gasteiger partial charge in [-0.25, -0.2) is 0 Å². The number of carbonyl (C=O) groups is 1. The van der Waals surface area contributed by atoms with E-state index in [2.05, 4.69) is 13.5 Å². The molecule has 0 atom stereocenters. The van der Waals surface area contributed by atoms with Crippen LogP contribution < -0.4 is 0 Å². The van der Waals surface area contributed by atoms with Crippen molar-refractivity contribution in [1.82, 2.24) is 0 Å². The third kappa shape index (κ3) is 12.9. The zero-order valence-corrected chi connectivity index (χ0v) is 12.7. The molecule has 0 bridgehead atoms. The van der Waals surface area contributed by atoms with Crippen LogP contribution >= 0.6 is 0 Å². The third-order valence-electron chi connectivity index (χ3n) is 3.03. The van der Waals surface area contributed by atoms with Gasteiger partial charge in [-0.15, -0.1) is 0 Å². The standard InChI is InChI=1S/C10H20O2.C8H8/c1-2-3-4-5-6-7-8-9-10(11)12;1-2-8-6-4-3-5-7-8/h2-9H2,1H3,(H,11,12);2-7H,1H2. The molecule has 0 aliphatic carbocycles. The van der Waals surface area contributed by atoms with Crippen molar-refractivity contribution < 1.29 is 9.90 Å². The van der Waals surface area contributed by atoms with E-state index in [9.17, 15) is 4.79 Å². The smallest absolute Gasteiger partial charge is 0.303 e. The summed E-state index contributed by atoms with van der Waals surface area (Å²) in [6, 6.07) is 10.0. The van der Waals surface area contributed by atoms with Crippen molar-refractivity contribution in [3.05, 3.63) is 42.5 Å². The van der Waals surface area contributed by atoms with Crippen molar-refractivity contribution in [1.29, 1.82) is 0 Å². The van der Waals surface area contributed by atoms with Gasteiger partial charge in [0, 0.05) is 6.42 Å². The average molecular weight is 276 g/mol. The molecular formula is C18H28O2. The van der Waals surface area contributed by atoms with E-state index < -0.39 is 5.97 Å². The van der Waals surface area contributed by atoms with Gasteiger partial charge in [-0.2, -0.15) is 0 Å². The van der Waals surface area contributed by atoms with Crippen molar-refractivity contribution in [2.24, 2.45) is 0 Å². The molecule has 0 fully saturated rings. The summed E-state index contributed by atoms with van der Waals surface area (Å²) in [5, 5.41) is 8.35. The summed E-state index contributed by atoms with van der Waals surface area (Å²) in [6.07, 6.45) is 10.5. The maximum atomic E-state index is 10.1. The Morgan fingerprint density at radius 3 is 2.05 bits per heavy atom. The van der Waals surface area contributed by atoms with Crippen LogP contribution in [-0.4, -0.2) is 11.1 Å². The monoisotopic (exact) mass is 276 g/mol. The van der Waals surface area contributed by atoms with E-state index in [1.54, 1.807) is 0 Å². The van der Waals surface area contributed by atoms with Crippen molar-refractivity contribution in [3.63, 3.8) is 0 Å². The minimum atomic E-state index is -0.663. The Balaban J connectivity index is 0.000000388. The molecule has 20 heavy (non-hydrogen) atoms. The first-order valence-corrected chi connectivity index (χ1v) is 7.60. The molecule has 1 aromatic carbocycles. The summed E-state index contributed by atoms with van der Waals surface area (Å²) in [7, 11) is 0. The molecule has 0 saturated heterocycles. The maximum absolute atomic E-state index is 10.1. The van der Waals surface area contributed by atoms with E-state index >= 15 is 0 Å². The van der Waals surface area contributed by atoms with Gasteiger partial charge in [-0.05, 0) is 12.0 Å². The Bertz CT molecular complexity index is 344. The van der Waals surface area contributed by atoms with Gasteiger partial charge in [0.25, 0.3) is 0 Å². The van der Waals surface area contributed by atoms with E-state index in [-0.39, 0.29) is 0 Å². The lowest BCUT2D eigenvalue weighted by molar-refractivity contribution is -0.137. The van der Waals surface area contributed by atoms with Crippen LogP contribution in [0.5, 0.6) is 0 Å². The van der Waals surface area contributed by atoms with Gasteiger partial charge < -0.3 is 5.11 Å². The summed E-state index contributed by atoms with van der Waals surface area (Å²) in [5.41, 5.74) is 1.17. The maximum Gasteiger partial charge on any atom is 0.303 e. The molecule has 0 saturated carbocycles. The lowest BCUT2D eigenvalue weighted by Gasteiger charge is -1.98. The Kier molecular flexibility index (Phi) is 12.8. The predicted molar refractivity (Wildman–Crippen MR) is 86.8 cm³/mol. The molecule has 0 aromatic heterocycles. The van der Waals surface area contributed by atoms with Crippen molar-refractivity contribution in [2.75, 3.05) is 0 Å². The fourth-order valence-electron chi connectivity index (χ4n) is 1.82. The third-order valence-corrected chi connectivity index (χ3v) is 3.03. The highest BCUT2D eigenvalue weighted by atomic mass is 16.4. The van der Waals surface area contributed by atoms with Crippen molar-refractivity contribution >= 4 is 12.0 Å². The second kappa shape index (κ2) is 13.9. The van der Waals surface area contributed by atoms with Gasteiger partial charge in [0.2, 0.25) is 0 Å². The van der Waals surface area contributed by atoms with Crippen LogP contribution in [0, 0.1) is 0 Å². The molecule has 1 aromatic rings. The Labute approximate surface area is 123 Å². The van der Waals surface area contributed by atoms with Crippen molar-refractivity contribution in [2.45, 2.75) is 58.3 Å². The Hall–Kier alpha value is -1.57. The van der Waals surface area contributed by atoms with Gasteiger partial charge in [-0.1, -0.05) is 88.4 Å². The van der Waals surface area contributed by atoms with Gasteiger partial charge in [0.1, 0.15) is 0 Å². The highest BCUT2D eigenvalue weighted by Crippen LogP contribution is 2.07. The Morgan fingerprint density at radius 1 is 1.05 bits per heavy atom. The molecule has 0 spiro atoms. The van der Waals surface area contributed by atoms with Crippen LogP contribution in [0.3, 0.4) is 0 Å². The first-order chi connectivity index (χ1) is 9.70. The molecule has 2 heteroatoms. The molecule has 1 N–H and O–H groups in total. The number of aliphatic carboxylic acids is 1. The zero-order valence-electron chi connectivity index (χ0n) is 12.7. The first-order valence-electron chi connectivity index (χ1n) is 7.60. The minimum absolute atomic E-state index is 0.341. The first kappa shape index (κ1) is 18.4. The molecule has 112 valence electrons. The van der Waals surface area contributed by atoms with Crippen molar-refractivity contribution in [3.8, 4) is 0 Å². The second-order valence-corrected chi connectivity index (χ2v) is 4.88. The van der Waals surface area contributed by atoms with E-state index in [1.807, 2.05) is 36.4 Å². The molecule has 1 rings (SSSR count). The predicted octanol–water partition coefficient (Wildman–Crippen LogP) is 5.54. The topological polar surface area (TPSA) is 37.3 Å². The second-order valence-electron chi connectivity index (χ2n) is 4.88. The number of carboxylic acid groups (broad SMARTS) is 1. The molecule has 0 aliphatic rings. The van der Waals surface area contributed by atoms with Crippen LogP contribution in [0.15, 0.2) is 36.9 Å². The normalized spacial score (nSPS) is 9.45. The fraction of sp³-hybridized carbons (Fsp3) is 0.500. The number of hydrogen-bond donors (Lipinski definition) is 1. The van der Waals surface area contributed by atoms with E-state index in [1.165, 1.54) is 37.7 Å². The molecule has 2 nitrogen and oxygen atoms in total. The minimum Gasteiger partial charge on any atom is -0.481 e. The molecule has 0 amide bonds. The molecule has 0 heterocycles. The summed E-state index contributed by atoms with van der Waals surface area (Å²) in [4.78, 5) is 10.1. The van der Waals surface area contributed by atoms with Crippen LogP contribution in [-0.2, 0) is 4.79 Å². The average Bonchev–Trinajstić information content (AvgIpc) is 2.47. The SMILES string of the molecule is C=Cc1ccccc1.CCCCCCCCCC(=O)O. The number of unbranched alkanes of at least 4 members (excludes halogenated alkanes) is 6. The van der Waals surface area contributed by atoms with Gasteiger partial charge in [0.05, 0.1) is 0 Å². The highest BCUT2D eigenvalue weighted by molar-refractivity contribution is 5.66. The highest BCUT2D eigenvalue weighted by Gasteiger charge is 1.95. The zero-order chi connectivity index (χ0) is 15.1. The van der Waals surface area contributed by atoms with Crippen LogP contribution in [0.4, 0.5) is 0 Å². The summed E-state index contributed by atoms with van der Waals surface area (Å²) < 4.78 is 0. The quantitative estimate of drug-likeness (QED) is 0.601. The number of hydrogen-bond acceptors (Lipinski definition) is 1. The van der Waals surface area contributed by atoms with Gasteiger partial charge in [-0.3, -0.25) is 4.79 Å². The number of carboxylic acids is 1. The van der Waals surface area contributed by atoms with Crippen LogP contribution in [0.25, 0.3) is 6.08 Å². The number of benzene rings is 1. The van der Waals surface area contributed by atoms with E-state index in [4.69, 9.17) is 5.11 Å². The summed E-state index contributed by atoms with van der Waals surface area (Å²) in [5.74, 6) is -0.663. The van der Waals surface area contributed by atoms with E-state index in [0.29, 0.717) is 6.42 Å². The van der Waals surface area contributed by atoms with E-state index in [0.717, 1.165) is 12.8 Å². The molecule has 0 radical (unpaired) electrons. The lowest BCUT2D eigenvalue weighted by atomic mass is 10.1. The van der Waals surface area contributed by atoms with Crippen LogP contribution in [0.2, 0.25) is 0 Å².